The molecule has 4 fully saturated rings. The van der Waals surface area contributed by atoms with Gasteiger partial charge in [0, 0.05) is 21.0 Å². The van der Waals surface area contributed by atoms with Crippen LogP contribution in [0.25, 0.3) is 0 Å². The van der Waals surface area contributed by atoms with Crippen molar-refractivity contribution >= 4 is 29.5 Å². The summed E-state index contributed by atoms with van der Waals surface area (Å²) in [5.41, 5.74) is -0.366. The van der Waals surface area contributed by atoms with Crippen molar-refractivity contribution in [3.63, 3.8) is 0 Å². The van der Waals surface area contributed by atoms with Crippen molar-refractivity contribution < 1.29 is 14.3 Å². The van der Waals surface area contributed by atoms with Crippen molar-refractivity contribution in [2.45, 2.75) is 79.0 Å². The van der Waals surface area contributed by atoms with Gasteiger partial charge in [-0.15, -0.1) is 0 Å². The average molecular weight is 357 g/mol. The predicted octanol–water partition coefficient (Wildman–Crippen LogP) is 3.89. The molecule has 0 radical (unpaired) electrons. The van der Waals surface area contributed by atoms with E-state index in [9.17, 15) is 4.79 Å². The van der Waals surface area contributed by atoms with E-state index in [1.165, 1.54) is 25.7 Å². The van der Waals surface area contributed by atoms with E-state index in [1.807, 2.05) is 25.6 Å². The predicted molar refractivity (Wildman–Crippen MR) is 96.0 cm³/mol. The Bertz CT molecular complexity index is 467. The number of carbonyl (C=O) groups excluding carboxylic acids is 1. The van der Waals surface area contributed by atoms with Gasteiger partial charge in [-0.2, -0.15) is 23.5 Å². The van der Waals surface area contributed by atoms with E-state index < -0.39 is 0 Å². The number of hydrogen-bond acceptors (Lipinski definition) is 5. The van der Waals surface area contributed by atoms with E-state index in [0.717, 1.165) is 40.4 Å². The van der Waals surface area contributed by atoms with Crippen LogP contribution in [0.4, 0.5) is 0 Å². The molecule has 0 aromatic rings. The molecule has 0 aromatic carbocycles. The van der Waals surface area contributed by atoms with Crippen LogP contribution in [0.15, 0.2) is 0 Å². The summed E-state index contributed by atoms with van der Waals surface area (Å²) >= 11 is 4.18. The van der Waals surface area contributed by atoms with Crippen LogP contribution in [0.5, 0.6) is 0 Å². The Balaban J connectivity index is 1.17. The lowest BCUT2D eigenvalue weighted by atomic mass is 9.89. The van der Waals surface area contributed by atoms with Crippen molar-refractivity contribution in [2.75, 3.05) is 13.2 Å². The molecule has 2 heterocycles. The van der Waals surface area contributed by atoms with Gasteiger partial charge in [0.2, 0.25) is 0 Å². The molecule has 0 spiro atoms. The van der Waals surface area contributed by atoms with E-state index in [0.29, 0.717) is 12.5 Å². The summed E-state index contributed by atoms with van der Waals surface area (Å²) < 4.78 is 11.7. The number of esters is 1. The number of hydrogen-bond donors (Lipinski definition) is 0. The van der Waals surface area contributed by atoms with Gasteiger partial charge in [-0.3, -0.25) is 4.79 Å². The minimum atomic E-state index is -0.366. The largest absolute Gasteiger partial charge is 0.462 e. The summed E-state index contributed by atoms with van der Waals surface area (Å²) in [6.07, 6.45) is 7.20. The summed E-state index contributed by atoms with van der Waals surface area (Å²) in [5.74, 6) is 0.829. The Kier molecular flexibility index (Phi) is 4.65. The molecule has 2 aliphatic heterocycles. The first-order chi connectivity index (χ1) is 11.0. The standard InChI is InChI=1S/C18H28O3S2/c1-18(2,21-9-11-3-5-13-15(7-11)22-13)10-20-17(19)12-4-6-14-16(8-12)23-14/h11-16H,3-10H2,1-2H3. The summed E-state index contributed by atoms with van der Waals surface area (Å²) in [7, 11) is 0. The van der Waals surface area contributed by atoms with Gasteiger partial charge in [-0.25, -0.2) is 0 Å². The van der Waals surface area contributed by atoms with Crippen molar-refractivity contribution in [3.8, 4) is 0 Å². The summed E-state index contributed by atoms with van der Waals surface area (Å²) in [6.45, 7) is 5.30. The molecular formula is C18H28O3S2. The fourth-order valence-corrected chi connectivity index (χ4v) is 6.49. The topological polar surface area (TPSA) is 35.5 Å². The number of rotatable bonds is 6. The number of fused-ring (bicyclic) bond motifs is 2. The van der Waals surface area contributed by atoms with Gasteiger partial charge < -0.3 is 9.47 Å². The second kappa shape index (κ2) is 6.45. The smallest absolute Gasteiger partial charge is 0.309 e. The first-order valence-electron chi connectivity index (χ1n) is 9.12. The van der Waals surface area contributed by atoms with E-state index in [1.54, 1.807) is 0 Å². The van der Waals surface area contributed by atoms with Crippen LogP contribution in [0.1, 0.15) is 52.4 Å². The van der Waals surface area contributed by atoms with Crippen molar-refractivity contribution in [2.24, 2.45) is 11.8 Å². The van der Waals surface area contributed by atoms with E-state index >= 15 is 0 Å². The zero-order valence-corrected chi connectivity index (χ0v) is 15.8. The van der Waals surface area contributed by atoms with Crippen molar-refractivity contribution in [3.05, 3.63) is 0 Å². The molecule has 0 aromatic heterocycles. The molecule has 23 heavy (non-hydrogen) atoms. The fourth-order valence-electron chi connectivity index (χ4n) is 4.00. The van der Waals surface area contributed by atoms with Crippen molar-refractivity contribution in [1.82, 2.24) is 0 Å². The maximum Gasteiger partial charge on any atom is 0.309 e. The molecule has 0 N–H and O–H groups in total. The minimum Gasteiger partial charge on any atom is -0.462 e. The molecular weight excluding hydrogens is 328 g/mol. The highest BCUT2D eigenvalue weighted by Gasteiger charge is 2.46. The van der Waals surface area contributed by atoms with E-state index in [4.69, 9.17) is 9.47 Å². The third-order valence-electron chi connectivity index (χ3n) is 5.72. The number of ether oxygens (including phenoxy) is 2. The molecule has 3 nitrogen and oxygen atoms in total. The molecule has 0 bridgehead atoms. The fraction of sp³-hybridized carbons (Fsp3) is 0.944. The summed E-state index contributed by atoms with van der Waals surface area (Å²) in [5, 5.41) is 3.45. The molecule has 2 saturated carbocycles. The van der Waals surface area contributed by atoms with Crippen LogP contribution in [0.2, 0.25) is 0 Å². The zero-order chi connectivity index (χ0) is 16.0. The van der Waals surface area contributed by atoms with Gasteiger partial charge in [0.1, 0.15) is 6.61 Å². The molecule has 0 amide bonds. The molecule has 130 valence electrons. The third-order valence-corrected chi connectivity index (χ3v) is 8.66. The monoisotopic (exact) mass is 356 g/mol. The second-order valence-corrected chi connectivity index (χ2v) is 11.3. The maximum absolute atomic E-state index is 12.3. The lowest BCUT2D eigenvalue weighted by Gasteiger charge is -2.29. The van der Waals surface area contributed by atoms with Crippen LogP contribution < -0.4 is 0 Å². The molecule has 2 aliphatic carbocycles. The van der Waals surface area contributed by atoms with E-state index in [2.05, 4.69) is 11.8 Å². The van der Waals surface area contributed by atoms with Gasteiger partial charge in [0.25, 0.3) is 0 Å². The maximum atomic E-state index is 12.3. The first kappa shape index (κ1) is 16.6. The van der Waals surface area contributed by atoms with Gasteiger partial charge in [0.05, 0.1) is 18.1 Å². The average Bonchev–Trinajstić information content (AvgIpc) is 3.43. The van der Waals surface area contributed by atoms with Gasteiger partial charge in [-0.05, 0) is 58.3 Å². The van der Waals surface area contributed by atoms with Crippen molar-refractivity contribution in [1.29, 1.82) is 0 Å². The van der Waals surface area contributed by atoms with Crippen LogP contribution in [0, 0.1) is 11.8 Å². The van der Waals surface area contributed by atoms with E-state index in [-0.39, 0.29) is 17.5 Å². The highest BCUT2D eigenvalue weighted by Crippen LogP contribution is 2.53. The minimum absolute atomic E-state index is 0.00233. The first-order valence-corrected chi connectivity index (χ1v) is 11.0. The Morgan fingerprint density at radius 2 is 1.70 bits per heavy atom. The summed E-state index contributed by atoms with van der Waals surface area (Å²) in [6, 6.07) is 0. The Morgan fingerprint density at radius 3 is 2.39 bits per heavy atom. The van der Waals surface area contributed by atoms with Crippen LogP contribution in [-0.2, 0) is 14.3 Å². The van der Waals surface area contributed by atoms with Crippen LogP contribution in [-0.4, -0.2) is 45.8 Å². The van der Waals surface area contributed by atoms with Crippen LogP contribution in [0.3, 0.4) is 0 Å². The highest BCUT2D eigenvalue weighted by atomic mass is 32.2. The highest BCUT2D eigenvalue weighted by molar-refractivity contribution is 8.07. The Hall–Kier alpha value is 0.130. The van der Waals surface area contributed by atoms with Crippen LogP contribution >= 0.6 is 23.5 Å². The molecule has 5 heteroatoms. The number of thioether (sulfide) groups is 2. The van der Waals surface area contributed by atoms with Gasteiger partial charge in [-0.1, -0.05) is 0 Å². The van der Waals surface area contributed by atoms with Gasteiger partial charge in [0.15, 0.2) is 0 Å². The molecule has 4 aliphatic rings. The zero-order valence-electron chi connectivity index (χ0n) is 14.2. The van der Waals surface area contributed by atoms with Gasteiger partial charge >= 0.3 is 5.97 Å². The third kappa shape index (κ3) is 4.21. The molecule has 2 saturated heterocycles. The Labute approximate surface area is 148 Å². The normalized spacial score (nSPS) is 41.7. The quantitative estimate of drug-likeness (QED) is 0.533. The SMILES string of the molecule is CC(C)(COC(=O)C1CCC2SC2C1)OCC1CCC2SC2C1. The molecule has 4 rings (SSSR count). The lowest BCUT2D eigenvalue weighted by Crippen LogP contribution is -2.36. The molecule has 6 unspecified atom stereocenters. The second-order valence-electron chi connectivity index (χ2n) is 8.29. The summed E-state index contributed by atoms with van der Waals surface area (Å²) in [4.78, 5) is 12.3. The lowest BCUT2D eigenvalue weighted by molar-refractivity contribution is -0.159. The molecule has 6 atom stereocenters. The number of carbonyl (C=O) groups is 1. The Morgan fingerprint density at radius 1 is 1.00 bits per heavy atom.